The van der Waals surface area contributed by atoms with Gasteiger partial charge in [-0.2, -0.15) is 0 Å². The normalized spacial score (nSPS) is 15.4. The van der Waals surface area contributed by atoms with Crippen LogP contribution >= 0.6 is 0 Å². The second-order valence-electron chi connectivity index (χ2n) is 6.60. The van der Waals surface area contributed by atoms with Gasteiger partial charge >= 0.3 is 0 Å². The van der Waals surface area contributed by atoms with Gasteiger partial charge in [0, 0.05) is 17.7 Å². The van der Waals surface area contributed by atoms with Crippen LogP contribution in [0.25, 0.3) is 11.5 Å². The number of anilines is 1. The zero-order valence-corrected chi connectivity index (χ0v) is 14.4. The Morgan fingerprint density at radius 2 is 2.12 bits per heavy atom. The van der Waals surface area contributed by atoms with Crippen molar-refractivity contribution in [3.63, 3.8) is 0 Å². The predicted octanol–water partition coefficient (Wildman–Crippen LogP) is 3.68. The number of oxazole rings is 1. The van der Waals surface area contributed by atoms with Gasteiger partial charge in [0.1, 0.15) is 6.26 Å². The van der Waals surface area contributed by atoms with Crippen molar-refractivity contribution in [3.05, 3.63) is 35.7 Å². The van der Waals surface area contributed by atoms with E-state index in [2.05, 4.69) is 15.6 Å². The molecule has 1 aromatic heterocycles. The van der Waals surface area contributed by atoms with Gasteiger partial charge in [0.2, 0.25) is 11.8 Å². The number of aryl methyl sites for hydroxylation is 2. The Labute approximate surface area is 142 Å². The highest BCUT2D eigenvalue weighted by molar-refractivity contribution is 5.91. The Bertz CT molecular complexity index is 702. The molecule has 0 spiro atoms. The molecule has 1 saturated heterocycles. The van der Waals surface area contributed by atoms with Gasteiger partial charge in [0.05, 0.1) is 5.69 Å². The minimum absolute atomic E-state index is 0.0759. The second kappa shape index (κ2) is 7.62. The SMILES string of the molecule is Cc1coc(-c2cc(NC(=O)CCC3CCNCC3)ccc2C)n1. The van der Waals surface area contributed by atoms with Gasteiger partial charge in [-0.25, -0.2) is 4.98 Å². The molecule has 2 heterocycles. The number of nitrogens with one attached hydrogen (secondary N) is 2. The summed E-state index contributed by atoms with van der Waals surface area (Å²) >= 11 is 0. The smallest absolute Gasteiger partial charge is 0.226 e. The van der Waals surface area contributed by atoms with Crippen molar-refractivity contribution in [3.8, 4) is 11.5 Å². The maximum absolute atomic E-state index is 12.2. The highest BCUT2D eigenvalue weighted by atomic mass is 16.3. The lowest BCUT2D eigenvalue weighted by molar-refractivity contribution is -0.116. The van der Waals surface area contributed by atoms with Crippen molar-refractivity contribution in [1.82, 2.24) is 10.3 Å². The standard InChI is InChI=1S/C19H25N3O2/c1-13-3-5-16(11-17(13)19-21-14(2)12-24-19)22-18(23)6-4-15-7-9-20-10-8-15/h3,5,11-12,15,20H,4,6-10H2,1-2H3,(H,22,23). The number of carbonyl (C=O) groups is 1. The van der Waals surface area contributed by atoms with Crippen molar-refractivity contribution in [2.45, 2.75) is 39.5 Å². The second-order valence-corrected chi connectivity index (χ2v) is 6.60. The molecule has 2 aromatic rings. The molecule has 0 unspecified atom stereocenters. The van der Waals surface area contributed by atoms with Gasteiger partial charge in [-0.15, -0.1) is 0 Å². The molecular formula is C19H25N3O2. The molecule has 24 heavy (non-hydrogen) atoms. The van der Waals surface area contributed by atoms with Gasteiger partial charge < -0.3 is 15.1 Å². The summed E-state index contributed by atoms with van der Waals surface area (Å²) in [6, 6.07) is 5.84. The number of rotatable bonds is 5. The molecule has 3 rings (SSSR count). The maximum Gasteiger partial charge on any atom is 0.226 e. The lowest BCUT2D eigenvalue weighted by Gasteiger charge is -2.22. The van der Waals surface area contributed by atoms with E-state index in [1.165, 1.54) is 12.8 Å². The molecule has 5 nitrogen and oxygen atoms in total. The molecule has 2 N–H and O–H groups in total. The van der Waals surface area contributed by atoms with Crippen LogP contribution in [0.5, 0.6) is 0 Å². The Morgan fingerprint density at radius 1 is 1.33 bits per heavy atom. The minimum Gasteiger partial charge on any atom is -0.444 e. The first-order valence-corrected chi connectivity index (χ1v) is 8.65. The van der Waals surface area contributed by atoms with Crippen LogP contribution in [0.15, 0.2) is 28.9 Å². The van der Waals surface area contributed by atoms with Crippen molar-refractivity contribution < 1.29 is 9.21 Å². The van der Waals surface area contributed by atoms with E-state index in [1.807, 2.05) is 32.0 Å². The molecule has 0 radical (unpaired) electrons. The summed E-state index contributed by atoms with van der Waals surface area (Å²) in [7, 11) is 0. The average Bonchev–Trinajstić information content (AvgIpc) is 3.02. The van der Waals surface area contributed by atoms with Crippen molar-refractivity contribution in [2.75, 3.05) is 18.4 Å². The monoisotopic (exact) mass is 327 g/mol. The third-order valence-electron chi connectivity index (χ3n) is 4.61. The van der Waals surface area contributed by atoms with Gasteiger partial charge in [0.15, 0.2) is 0 Å². The summed E-state index contributed by atoms with van der Waals surface area (Å²) < 4.78 is 5.49. The molecule has 0 aliphatic carbocycles. The van der Waals surface area contributed by atoms with E-state index in [-0.39, 0.29) is 5.91 Å². The van der Waals surface area contributed by atoms with Gasteiger partial charge in [-0.1, -0.05) is 6.07 Å². The van der Waals surface area contributed by atoms with E-state index >= 15 is 0 Å². The lowest BCUT2D eigenvalue weighted by Crippen LogP contribution is -2.28. The van der Waals surface area contributed by atoms with Crippen LogP contribution in [0.1, 0.15) is 36.9 Å². The van der Waals surface area contributed by atoms with Crippen LogP contribution in [0.2, 0.25) is 0 Å². The number of hydrogen-bond donors (Lipinski definition) is 2. The van der Waals surface area contributed by atoms with E-state index in [4.69, 9.17) is 4.42 Å². The Morgan fingerprint density at radius 3 is 2.83 bits per heavy atom. The average molecular weight is 327 g/mol. The number of hydrogen-bond acceptors (Lipinski definition) is 4. The van der Waals surface area contributed by atoms with Gasteiger partial charge in [-0.3, -0.25) is 4.79 Å². The minimum atomic E-state index is 0.0759. The molecule has 0 atom stereocenters. The third-order valence-corrected chi connectivity index (χ3v) is 4.61. The first-order valence-electron chi connectivity index (χ1n) is 8.65. The summed E-state index contributed by atoms with van der Waals surface area (Å²) in [5, 5.41) is 6.36. The van der Waals surface area contributed by atoms with Gasteiger partial charge in [-0.05, 0) is 69.8 Å². The van der Waals surface area contributed by atoms with E-state index < -0.39 is 0 Å². The van der Waals surface area contributed by atoms with Crippen LogP contribution < -0.4 is 10.6 Å². The van der Waals surface area contributed by atoms with E-state index in [0.717, 1.165) is 42.0 Å². The molecule has 128 valence electrons. The Balaban J connectivity index is 1.61. The predicted molar refractivity (Wildman–Crippen MR) is 94.9 cm³/mol. The topological polar surface area (TPSA) is 67.2 Å². The zero-order chi connectivity index (χ0) is 16.9. The molecule has 1 aromatic carbocycles. The molecule has 0 saturated carbocycles. The largest absolute Gasteiger partial charge is 0.444 e. The number of piperidine rings is 1. The van der Waals surface area contributed by atoms with Crippen LogP contribution in [0.3, 0.4) is 0 Å². The Hall–Kier alpha value is -2.14. The third kappa shape index (κ3) is 4.23. The molecule has 1 aliphatic heterocycles. The first kappa shape index (κ1) is 16.7. The lowest BCUT2D eigenvalue weighted by atomic mass is 9.93. The van der Waals surface area contributed by atoms with Crippen molar-refractivity contribution >= 4 is 11.6 Å². The van der Waals surface area contributed by atoms with Crippen LogP contribution in [0, 0.1) is 19.8 Å². The molecule has 1 aliphatic rings. The molecule has 1 amide bonds. The Kier molecular flexibility index (Phi) is 5.30. The molecule has 0 bridgehead atoms. The molecule has 1 fully saturated rings. The van der Waals surface area contributed by atoms with Crippen LogP contribution in [-0.4, -0.2) is 24.0 Å². The number of nitrogens with zero attached hydrogens (tertiary/aromatic N) is 1. The van der Waals surface area contributed by atoms with Crippen molar-refractivity contribution in [2.24, 2.45) is 5.92 Å². The fourth-order valence-electron chi connectivity index (χ4n) is 3.14. The fourth-order valence-corrected chi connectivity index (χ4v) is 3.14. The summed E-state index contributed by atoms with van der Waals surface area (Å²) in [6.07, 6.45) is 5.52. The highest BCUT2D eigenvalue weighted by Crippen LogP contribution is 2.26. The summed E-state index contributed by atoms with van der Waals surface area (Å²) in [5.41, 5.74) is 3.63. The quantitative estimate of drug-likeness (QED) is 0.879. The highest BCUT2D eigenvalue weighted by Gasteiger charge is 2.15. The van der Waals surface area contributed by atoms with E-state index in [0.29, 0.717) is 18.2 Å². The molecule has 5 heteroatoms. The molecular weight excluding hydrogens is 302 g/mol. The first-order chi connectivity index (χ1) is 11.6. The zero-order valence-electron chi connectivity index (χ0n) is 14.4. The van der Waals surface area contributed by atoms with E-state index in [9.17, 15) is 4.79 Å². The van der Waals surface area contributed by atoms with Crippen LogP contribution in [-0.2, 0) is 4.79 Å². The summed E-state index contributed by atoms with van der Waals surface area (Å²) in [5.74, 6) is 1.34. The summed E-state index contributed by atoms with van der Waals surface area (Å²) in [6.45, 7) is 6.05. The number of benzene rings is 1. The number of carbonyl (C=O) groups excluding carboxylic acids is 1. The number of aromatic nitrogens is 1. The van der Waals surface area contributed by atoms with E-state index in [1.54, 1.807) is 6.26 Å². The fraction of sp³-hybridized carbons (Fsp3) is 0.474. The van der Waals surface area contributed by atoms with Gasteiger partial charge in [0.25, 0.3) is 0 Å². The summed E-state index contributed by atoms with van der Waals surface area (Å²) in [4.78, 5) is 16.6. The van der Waals surface area contributed by atoms with Crippen molar-refractivity contribution in [1.29, 1.82) is 0 Å². The maximum atomic E-state index is 12.2. The van der Waals surface area contributed by atoms with Crippen LogP contribution in [0.4, 0.5) is 5.69 Å². The number of amides is 1.